The van der Waals surface area contributed by atoms with Gasteiger partial charge in [-0.3, -0.25) is 0 Å². The molecule has 2 heterocycles. The molecule has 0 radical (unpaired) electrons. The van der Waals surface area contributed by atoms with Gasteiger partial charge in [0.15, 0.2) is 0 Å². The van der Waals surface area contributed by atoms with Gasteiger partial charge < -0.3 is 14.3 Å². The number of para-hydroxylation sites is 1. The minimum absolute atomic E-state index is 0.0898. The van der Waals surface area contributed by atoms with Crippen molar-refractivity contribution in [2.24, 2.45) is 5.92 Å². The third kappa shape index (κ3) is 2.28. The summed E-state index contributed by atoms with van der Waals surface area (Å²) in [6.07, 6.45) is 1.28. The van der Waals surface area contributed by atoms with Gasteiger partial charge in [0.25, 0.3) is 0 Å². The lowest BCUT2D eigenvalue weighted by Crippen LogP contribution is -2.40. The molecule has 1 aliphatic rings. The normalized spacial score (nSPS) is 28.1. The molecule has 1 aliphatic heterocycles. The second-order valence-corrected chi connectivity index (χ2v) is 5.79. The Hall–Kier alpha value is -1.32. The summed E-state index contributed by atoms with van der Waals surface area (Å²) in [5.41, 5.74) is -0.0647. The molecule has 102 valence electrons. The van der Waals surface area contributed by atoms with Crippen LogP contribution in [0.25, 0.3) is 11.0 Å². The van der Waals surface area contributed by atoms with Crippen molar-refractivity contribution in [3.8, 4) is 0 Å². The van der Waals surface area contributed by atoms with Gasteiger partial charge in [0, 0.05) is 18.2 Å². The van der Waals surface area contributed by atoms with Gasteiger partial charge in [-0.15, -0.1) is 0 Å². The Bertz CT molecular complexity index is 539. The van der Waals surface area contributed by atoms with E-state index < -0.39 is 5.60 Å². The van der Waals surface area contributed by atoms with Crippen molar-refractivity contribution in [1.82, 2.24) is 0 Å². The summed E-state index contributed by atoms with van der Waals surface area (Å²) < 4.78 is 11.6. The zero-order valence-electron chi connectivity index (χ0n) is 11.4. The minimum Gasteiger partial charge on any atom is -0.458 e. The molecule has 3 rings (SSSR count). The maximum atomic E-state index is 10.9. The fourth-order valence-corrected chi connectivity index (χ4v) is 2.74. The van der Waals surface area contributed by atoms with E-state index in [1.165, 1.54) is 0 Å². The van der Waals surface area contributed by atoms with Crippen molar-refractivity contribution in [3.63, 3.8) is 0 Å². The predicted molar refractivity (Wildman–Crippen MR) is 73.9 cm³/mol. The highest BCUT2D eigenvalue weighted by atomic mass is 16.5. The fraction of sp³-hybridized carbons (Fsp3) is 0.500. The minimum atomic E-state index is -0.897. The molecule has 0 aliphatic carbocycles. The third-order valence-electron chi connectivity index (χ3n) is 4.01. The lowest BCUT2D eigenvalue weighted by Gasteiger charge is -2.37. The van der Waals surface area contributed by atoms with Crippen LogP contribution in [0.2, 0.25) is 0 Å². The monoisotopic (exact) mass is 260 g/mol. The van der Waals surface area contributed by atoms with Crippen LogP contribution in [-0.2, 0) is 10.3 Å². The zero-order chi connectivity index (χ0) is 13.5. The van der Waals surface area contributed by atoms with Gasteiger partial charge in [-0.2, -0.15) is 0 Å². The van der Waals surface area contributed by atoms with E-state index in [-0.39, 0.29) is 6.10 Å². The molecule has 0 amide bonds. The molecule has 2 atom stereocenters. The van der Waals surface area contributed by atoms with Crippen LogP contribution in [0, 0.1) is 5.92 Å². The van der Waals surface area contributed by atoms with Gasteiger partial charge in [-0.05, 0) is 18.1 Å². The molecule has 0 saturated carbocycles. The Morgan fingerprint density at radius 1 is 1.32 bits per heavy atom. The first-order chi connectivity index (χ1) is 9.08. The first-order valence-corrected chi connectivity index (χ1v) is 6.91. The average molecular weight is 260 g/mol. The standard InChI is InChI=1S/C16H20O3/c1-11(2)14-10-16(17,7-8-18-14)15-9-12-5-3-4-6-13(12)19-15/h3-6,9,11,14,17H,7-8,10H2,1-2H3. The van der Waals surface area contributed by atoms with E-state index in [1.807, 2.05) is 30.3 Å². The second-order valence-electron chi connectivity index (χ2n) is 5.79. The van der Waals surface area contributed by atoms with Crippen molar-refractivity contribution < 1.29 is 14.3 Å². The van der Waals surface area contributed by atoms with E-state index in [2.05, 4.69) is 13.8 Å². The Balaban J connectivity index is 1.94. The molecule has 3 heteroatoms. The van der Waals surface area contributed by atoms with Crippen LogP contribution in [0.1, 0.15) is 32.4 Å². The SMILES string of the molecule is CC(C)C1CC(O)(c2cc3ccccc3o2)CCO1. The zero-order valence-corrected chi connectivity index (χ0v) is 11.4. The number of aliphatic hydroxyl groups is 1. The summed E-state index contributed by atoms with van der Waals surface area (Å²) in [5.74, 6) is 1.07. The molecule has 1 aromatic heterocycles. The highest BCUT2D eigenvalue weighted by molar-refractivity contribution is 5.77. The van der Waals surface area contributed by atoms with Crippen molar-refractivity contribution in [1.29, 1.82) is 0 Å². The first kappa shape index (κ1) is 12.7. The largest absolute Gasteiger partial charge is 0.458 e. The molecule has 1 saturated heterocycles. The van der Waals surface area contributed by atoms with Gasteiger partial charge in [0.2, 0.25) is 0 Å². The lowest BCUT2D eigenvalue weighted by molar-refractivity contribution is -0.129. The summed E-state index contributed by atoms with van der Waals surface area (Å²) in [4.78, 5) is 0. The Morgan fingerprint density at radius 3 is 2.84 bits per heavy atom. The highest BCUT2D eigenvalue weighted by Crippen LogP contribution is 2.38. The topological polar surface area (TPSA) is 42.6 Å². The van der Waals surface area contributed by atoms with Crippen molar-refractivity contribution >= 4 is 11.0 Å². The van der Waals surface area contributed by atoms with Gasteiger partial charge in [0.05, 0.1) is 12.7 Å². The van der Waals surface area contributed by atoms with Crippen LogP contribution in [0.4, 0.5) is 0 Å². The van der Waals surface area contributed by atoms with Crippen molar-refractivity contribution in [2.75, 3.05) is 6.61 Å². The average Bonchev–Trinajstić information content (AvgIpc) is 2.83. The molecule has 19 heavy (non-hydrogen) atoms. The summed E-state index contributed by atoms with van der Waals surface area (Å²) in [6.45, 7) is 4.82. The number of fused-ring (bicyclic) bond motifs is 1. The summed E-state index contributed by atoms with van der Waals surface area (Å²) in [7, 11) is 0. The van der Waals surface area contributed by atoms with Crippen LogP contribution < -0.4 is 0 Å². The van der Waals surface area contributed by atoms with Crippen LogP contribution in [0.3, 0.4) is 0 Å². The molecular weight excluding hydrogens is 240 g/mol. The van der Waals surface area contributed by atoms with Gasteiger partial charge in [-0.25, -0.2) is 0 Å². The van der Waals surface area contributed by atoms with Crippen LogP contribution in [0.15, 0.2) is 34.7 Å². The smallest absolute Gasteiger partial charge is 0.137 e. The van der Waals surface area contributed by atoms with E-state index in [4.69, 9.17) is 9.15 Å². The molecule has 0 bridgehead atoms. The molecule has 1 N–H and O–H groups in total. The maximum Gasteiger partial charge on any atom is 0.137 e. The van der Waals surface area contributed by atoms with Crippen LogP contribution >= 0.6 is 0 Å². The van der Waals surface area contributed by atoms with Crippen LogP contribution in [0.5, 0.6) is 0 Å². The molecular formula is C16H20O3. The highest BCUT2D eigenvalue weighted by Gasteiger charge is 2.40. The number of rotatable bonds is 2. The number of ether oxygens (including phenoxy) is 1. The van der Waals surface area contributed by atoms with E-state index in [0.29, 0.717) is 31.1 Å². The Kier molecular flexibility index (Phi) is 3.11. The molecule has 1 aromatic carbocycles. The maximum absolute atomic E-state index is 10.9. The first-order valence-electron chi connectivity index (χ1n) is 6.91. The molecule has 1 fully saturated rings. The summed E-state index contributed by atoms with van der Waals surface area (Å²) >= 11 is 0. The van der Waals surface area contributed by atoms with E-state index in [9.17, 15) is 5.11 Å². The quantitative estimate of drug-likeness (QED) is 0.899. The number of hydrogen-bond acceptors (Lipinski definition) is 3. The van der Waals surface area contributed by atoms with Gasteiger partial charge in [-0.1, -0.05) is 32.0 Å². The van der Waals surface area contributed by atoms with Gasteiger partial charge in [0.1, 0.15) is 16.9 Å². The van der Waals surface area contributed by atoms with Crippen molar-refractivity contribution in [2.45, 2.75) is 38.4 Å². The fourth-order valence-electron chi connectivity index (χ4n) is 2.74. The predicted octanol–water partition coefficient (Wildman–Crippen LogP) is 3.46. The number of benzene rings is 1. The Labute approximate surface area is 113 Å². The van der Waals surface area contributed by atoms with Crippen molar-refractivity contribution in [3.05, 3.63) is 36.1 Å². The van der Waals surface area contributed by atoms with Gasteiger partial charge >= 0.3 is 0 Å². The second kappa shape index (κ2) is 4.66. The molecule has 2 aromatic rings. The molecule has 3 nitrogen and oxygen atoms in total. The number of furan rings is 1. The summed E-state index contributed by atoms with van der Waals surface area (Å²) in [5, 5.41) is 11.9. The van der Waals surface area contributed by atoms with E-state index in [0.717, 1.165) is 11.0 Å². The molecule has 0 spiro atoms. The Morgan fingerprint density at radius 2 is 2.11 bits per heavy atom. The number of hydrogen-bond donors (Lipinski definition) is 1. The van der Waals surface area contributed by atoms with Crippen LogP contribution in [-0.4, -0.2) is 17.8 Å². The molecule has 2 unspecified atom stereocenters. The lowest BCUT2D eigenvalue weighted by atomic mass is 9.84. The third-order valence-corrected chi connectivity index (χ3v) is 4.01. The summed E-state index contributed by atoms with van der Waals surface area (Å²) in [6, 6.07) is 9.82. The van der Waals surface area contributed by atoms with E-state index >= 15 is 0 Å². The van der Waals surface area contributed by atoms with E-state index in [1.54, 1.807) is 0 Å².